The lowest BCUT2D eigenvalue weighted by molar-refractivity contribution is -0.144. The second kappa shape index (κ2) is 9.63. The van der Waals surface area contributed by atoms with Gasteiger partial charge in [-0.25, -0.2) is 4.39 Å². The molecule has 1 aliphatic heterocycles. The Morgan fingerprint density at radius 3 is 2.78 bits per heavy atom. The molecular formula is C26H29FN2O3. The lowest BCUT2D eigenvalue weighted by Gasteiger charge is -2.41. The molecule has 0 bridgehead atoms. The minimum absolute atomic E-state index is 0.112. The number of esters is 1. The lowest BCUT2D eigenvalue weighted by Crippen LogP contribution is -2.41. The molecule has 1 aromatic heterocycles. The van der Waals surface area contributed by atoms with Gasteiger partial charge in [0, 0.05) is 35.4 Å². The predicted molar refractivity (Wildman–Crippen MR) is 122 cm³/mol. The van der Waals surface area contributed by atoms with Crippen LogP contribution in [0, 0.1) is 35.4 Å². The highest BCUT2D eigenvalue weighted by atomic mass is 19.1. The van der Waals surface area contributed by atoms with Crippen molar-refractivity contribution in [1.82, 2.24) is 4.98 Å². The van der Waals surface area contributed by atoms with E-state index in [0.717, 1.165) is 24.1 Å². The van der Waals surface area contributed by atoms with E-state index in [1.165, 1.54) is 13.2 Å². The van der Waals surface area contributed by atoms with Crippen molar-refractivity contribution in [3.63, 3.8) is 0 Å². The first kappa shape index (κ1) is 22.2. The van der Waals surface area contributed by atoms with Crippen molar-refractivity contribution in [2.24, 2.45) is 34.7 Å². The molecule has 2 aliphatic rings. The molecule has 2 aromatic rings. The molecule has 0 amide bonds. The van der Waals surface area contributed by atoms with E-state index in [1.54, 1.807) is 18.3 Å². The molecular weight excluding hydrogens is 407 g/mol. The third kappa shape index (κ3) is 4.31. The van der Waals surface area contributed by atoms with E-state index in [0.29, 0.717) is 11.5 Å². The molecule has 0 radical (unpaired) electrons. The molecule has 6 unspecified atom stereocenters. The highest BCUT2D eigenvalue weighted by Gasteiger charge is 2.52. The van der Waals surface area contributed by atoms with Crippen LogP contribution in [-0.2, 0) is 14.4 Å². The maximum absolute atomic E-state index is 14.1. The molecule has 6 heteroatoms. The van der Waals surface area contributed by atoms with Gasteiger partial charge in [-0.15, -0.1) is 0 Å². The number of oxime groups is 1. The number of aromatic nitrogens is 1. The van der Waals surface area contributed by atoms with Crippen molar-refractivity contribution < 1.29 is 18.8 Å². The van der Waals surface area contributed by atoms with Gasteiger partial charge in [-0.2, -0.15) is 0 Å². The van der Waals surface area contributed by atoms with Gasteiger partial charge in [-0.05, 0) is 43.4 Å². The first-order valence-electron chi connectivity index (χ1n) is 11.2. The van der Waals surface area contributed by atoms with E-state index in [9.17, 15) is 9.18 Å². The van der Waals surface area contributed by atoms with Crippen molar-refractivity contribution in [3.8, 4) is 11.1 Å². The number of allylic oxidation sites excluding steroid dienone is 1. The van der Waals surface area contributed by atoms with Crippen molar-refractivity contribution in [2.45, 2.75) is 32.8 Å². The summed E-state index contributed by atoms with van der Waals surface area (Å²) in [4.78, 5) is 21.9. The standard InChI is InChI=1S/C26H29FN2O3/c1-4-20-18(15-29-31-3)13-23-25(16(2)32-26(23)30)22(20)12-11-19-10-9-17(14-28-19)21-7-5-6-8-24(21)27/h5-12,14-16,18,20,22-23,25H,4,13H2,1-3H3/b12-11+,29-15+. The van der Waals surface area contributed by atoms with Gasteiger partial charge in [0.25, 0.3) is 0 Å². The topological polar surface area (TPSA) is 60.8 Å². The summed E-state index contributed by atoms with van der Waals surface area (Å²) in [7, 11) is 1.53. The summed E-state index contributed by atoms with van der Waals surface area (Å²) in [5.41, 5.74) is 2.07. The van der Waals surface area contributed by atoms with Crippen LogP contribution in [0.4, 0.5) is 4.39 Å². The SMILES string of the molecule is CCC1C(/C=N/OC)CC2C(=O)OC(C)C2C1/C=C/c1ccc(-c2ccccc2F)cn1. The van der Waals surface area contributed by atoms with Gasteiger partial charge in [0.05, 0.1) is 11.6 Å². The van der Waals surface area contributed by atoms with Crippen LogP contribution >= 0.6 is 0 Å². The average Bonchev–Trinajstić information content (AvgIpc) is 3.09. The third-order valence-electron chi connectivity index (χ3n) is 6.92. The van der Waals surface area contributed by atoms with Crippen LogP contribution in [0.15, 0.2) is 53.8 Å². The zero-order valence-electron chi connectivity index (χ0n) is 18.6. The summed E-state index contributed by atoms with van der Waals surface area (Å²) >= 11 is 0. The van der Waals surface area contributed by atoms with E-state index in [2.05, 4.69) is 23.1 Å². The van der Waals surface area contributed by atoms with Crippen molar-refractivity contribution in [1.29, 1.82) is 0 Å². The molecule has 2 fully saturated rings. The number of fused-ring (bicyclic) bond motifs is 1. The molecule has 1 aliphatic carbocycles. The van der Waals surface area contributed by atoms with Crippen LogP contribution in [0.25, 0.3) is 17.2 Å². The normalized spacial score (nSPS) is 29.9. The van der Waals surface area contributed by atoms with Gasteiger partial charge in [0.2, 0.25) is 0 Å². The Hall–Kier alpha value is -3.02. The van der Waals surface area contributed by atoms with Crippen LogP contribution < -0.4 is 0 Å². The fourth-order valence-corrected chi connectivity index (χ4v) is 5.43. The van der Waals surface area contributed by atoms with Crippen LogP contribution in [0.3, 0.4) is 0 Å². The minimum Gasteiger partial charge on any atom is -0.462 e. The number of halogens is 1. The van der Waals surface area contributed by atoms with E-state index in [4.69, 9.17) is 9.57 Å². The van der Waals surface area contributed by atoms with Crippen molar-refractivity contribution >= 4 is 18.3 Å². The molecule has 1 saturated carbocycles. The Morgan fingerprint density at radius 1 is 1.28 bits per heavy atom. The summed E-state index contributed by atoms with van der Waals surface area (Å²) in [6.07, 6.45) is 9.27. The fraction of sp³-hybridized carbons (Fsp3) is 0.423. The molecule has 168 valence electrons. The molecule has 2 heterocycles. The Balaban J connectivity index is 1.60. The summed E-state index contributed by atoms with van der Waals surface area (Å²) < 4.78 is 19.7. The van der Waals surface area contributed by atoms with E-state index in [1.807, 2.05) is 37.4 Å². The van der Waals surface area contributed by atoms with Gasteiger partial charge in [0.1, 0.15) is 19.0 Å². The maximum Gasteiger partial charge on any atom is 0.309 e. The molecule has 0 spiro atoms. The smallest absolute Gasteiger partial charge is 0.309 e. The van der Waals surface area contributed by atoms with E-state index < -0.39 is 0 Å². The molecule has 1 saturated heterocycles. The van der Waals surface area contributed by atoms with Crippen molar-refractivity contribution in [2.75, 3.05) is 7.11 Å². The molecule has 32 heavy (non-hydrogen) atoms. The number of pyridine rings is 1. The summed E-state index contributed by atoms with van der Waals surface area (Å²) in [6, 6.07) is 10.5. The van der Waals surface area contributed by atoms with E-state index >= 15 is 0 Å². The largest absolute Gasteiger partial charge is 0.462 e. The number of nitrogens with zero attached hydrogens (tertiary/aromatic N) is 2. The molecule has 6 atom stereocenters. The quantitative estimate of drug-likeness (QED) is 0.347. The first-order chi connectivity index (χ1) is 15.5. The first-order valence-corrected chi connectivity index (χ1v) is 11.2. The van der Waals surface area contributed by atoms with Crippen LogP contribution in [0.1, 0.15) is 32.4 Å². The number of hydrogen-bond donors (Lipinski definition) is 0. The number of ether oxygens (including phenoxy) is 1. The van der Waals surface area contributed by atoms with Gasteiger partial charge in [0.15, 0.2) is 0 Å². The number of hydrogen-bond acceptors (Lipinski definition) is 5. The number of carbonyl (C=O) groups excluding carboxylic acids is 1. The summed E-state index contributed by atoms with van der Waals surface area (Å²) in [5.74, 6) is 0.243. The van der Waals surface area contributed by atoms with Gasteiger partial charge < -0.3 is 9.57 Å². The van der Waals surface area contributed by atoms with Gasteiger partial charge >= 0.3 is 5.97 Å². The van der Waals surface area contributed by atoms with E-state index in [-0.39, 0.29) is 41.6 Å². The highest BCUT2D eigenvalue weighted by Crippen LogP contribution is 2.49. The number of benzene rings is 1. The summed E-state index contributed by atoms with van der Waals surface area (Å²) in [6.45, 7) is 4.16. The third-order valence-corrected chi connectivity index (χ3v) is 6.92. The molecule has 1 aromatic carbocycles. The molecule has 4 rings (SSSR count). The Morgan fingerprint density at radius 2 is 2.09 bits per heavy atom. The predicted octanol–water partition coefficient (Wildman–Crippen LogP) is 5.37. The zero-order valence-corrected chi connectivity index (χ0v) is 18.6. The van der Waals surface area contributed by atoms with Crippen molar-refractivity contribution in [3.05, 3.63) is 60.2 Å². The second-order valence-electron chi connectivity index (χ2n) is 8.62. The molecule has 5 nitrogen and oxygen atoms in total. The maximum atomic E-state index is 14.1. The average molecular weight is 437 g/mol. The second-order valence-corrected chi connectivity index (χ2v) is 8.62. The monoisotopic (exact) mass is 436 g/mol. The Kier molecular flexibility index (Phi) is 6.68. The van der Waals surface area contributed by atoms with Crippen LogP contribution in [0.2, 0.25) is 0 Å². The Labute approximate surface area is 188 Å². The van der Waals surface area contributed by atoms with Gasteiger partial charge in [-0.1, -0.05) is 48.8 Å². The zero-order chi connectivity index (χ0) is 22.7. The Bertz CT molecular complexity index is 1000. The van der Waals surface area contributed by atoms with Crippen LogP contribution in [-0.4, -0.2) is 30.4 Å². The number of carbonyl (C=O) groups is 1. The van der Waals surface area contributed by atoms with Crippen LogP contribution in [0.5, 0.6) is 0 Å². The minimum atomic E-state index is -0.264. The number of cyclic esters (lactones) is 1. The molecule has 0 N–H and O–H groups in total. The lowest BCUT2D eigenvalue weighted by atomic mass is 9.60. The fourth-order valence-electron chi connectivity index (χ4n) is 5.43. The van der Waals surface area contributed by atoms with Gasteiger partial charge in [-0.3, -0.25) is 9.78 Å². The number of rotatable bonds is 6. The summed E-state index contributed by atoms with van der Waals surface area (Å²) in [5, 5.41) is 4.01. The highest BCUT2D eigenvalue weighted by molar-refractivity contribution is 5.77.